The summed E-state index contributed by atoms with van der Waals surface area (Å²) in [6, 6.07) is 3.09. The number of pyridine rings is 1. The molecule has 0 radical (unpaired) electrons. The van der Waals surface area contributed by atoms with Crippen molar-refractivity contribution in [1.82, 2.24) is 15.0 Å². The van der Waals surface area contributed by atoms with Crippen molar-refractivity contribution in [2.24, 2.45) is 0 Å². The fourth-order valence-corrected chi connectivity index (χ4v) is 3.41. The quantitative estimate of drug-likeness (QED) is 0.862. The summed E-state index contributed by atoms with van der Waals surface area (Å²) in [5.74, 6) is 0.395. The van der Waals surface area contributed by atoms with Crippen LogP contribution in [-0.4, -0.2) is 39.1 Å². The molecule has 2 atom stereocenters. The Morgan fingerprint density at radius 3 is 2.75 bits per heavy atom. The molecule has 0 saturated carbocycles. The Bertz CT molecular complexity index is 521. The Hall–Kier alpha value is -0.890. The van der Waals surface area contributed by atoms with Gasteiger partial charge in [0.05, 0.1) is 13.3 Å². The lowest BCUT2D eigenvalue weighted by molar-refractivity contribution is 0.348. The first-order valence-electron chi connectivity index (χ1n) is 6.28. The van der Waals surface area contributed by atoms with Crippen LogP contribution in [0.5, 0.6) is 5.88 Å². The van der Waals surface area contributed by atoms with Gasteiger partial charge in [0.15, 0.2) is 0 Å². The van der Waals surface area contributed by atoms with Crippen LogP contribution < -0.4 is 14.8 Å². The molecule has 0 spiro atoms. The molecule has 1 aliphatic heterocycles. The van der Waals surface area contributed by atoms with Crippen molar-refractivity contribution in [1.29, 1.82) is 0 Å². The molecule has 8 heteroatoms. The largest absolute Gasteiger partial charge is 0.481 e. The molecule has 2 heterocycles. The van der Waals surface area contributed by atoms with E-state index in [4.69, 9.17) is 4.74 Å². The molecular formula is C12H20ClN3O3S. The van der Waals surface area contributed by atoms with Gasteiger partial charge >= 0.3 is 0 Å². The van der Waals surface area contributed by atoms with Gasteiger partial charge in [-0.2, -0.15) is 0 Å². The van der Waals surface area contributed by atoms with Crippen LogP contribution >= 0.6 is 12.4 Å². The molecule has 2 rings (SSSR count). The van der Waals surface area contributed by atoms with E-state index >= 15 is 0 Å². The molecule has 6 nitrogen and oxygen atoms in total. The zero-order chi connectivity index (χ0) is 13.9. The fraction of sp³-hybridized carbons (Fsp3) is 0.583. The van der Waals surface area contributed by atoms with Crippen LogP contribution in [0.4, 0.5) is 0 Å². The van der Waals surface area contributed by atoms with Crippen molar-refractivity contribution in [2.75, 3.05) is 13.7 Å². The lowest BCUT2D eigenvalue weighted by Gasteiger charge is -2.30. The molecule has 0 aliphatic carbocycles. The molecular weight excluding hydrogens is 302 g/mol. The number of nitrogens with one attached hydrogen (secondary N) is 2. The SMILES string of the molecule is COc1ccc(S(=O)(=O)NC2CCCNC2C)cn1.Cl. The minimum atomic E-state index is -3.53. The van der Waals surface area contributed by atoms with Crippen LogP contribution in [0.15, 0.2) is 23.2 Å². The van der Waals surface area contributed by atoms with E-state index < -0.39 is 10.0 Å². The Labute approximate surface area is 125 Å². The van der Waals surface area contributed by atoms with Gasteiger partial charge in [-0.3, -0.25) is 0 Å². The number of rotatable bonds is 4. The van der Waals surface area contributed by atoms with E-state index in [9.17, 15) is 8.42 Å². The molecule has 1 aliphatic rings. The molecule has 1 aromatic rings. The van der Waals surface area contributed by atoms with Gasteiger partial charge in [0.2, 0.25) is 15.9 Å². The smallest absolute Gasteiger partial charge is 0.242 e. The first-order chi connectivity index (χ1) is 9.03. The number of methoxy groups -OCH3 is 1. The van der Waals surface area contributed by atoms with Crippen molar-refractivity contribution < 1.29 is 13.2 Å². The van der Waals surface area contributed by atoms with Gasteiger partial charge in [-0.25, -0.2) is 18.1 Å². The van der Waals surface area contributed by atoms with E-state index in [0.29, 0.717) is 5.88 Å². The number of piperidine rings is 1. The minimum Gasteiger partial charge on any atom is -0.481 e. The number of hydrogen-bond acceptors (Lipinski definition) is 5. The van der Waals surface area contributed by atoms with Crippen molar-refractivity contribution in [3.8, 4) is 5.88 Å². The zero-order valence-electron chi connectivity index (χ0n) is 11.5. The fourth-order valence-electron chi connectivity index (χ4n) is 2.12. The third-order valence-corrected chi connectivity index (χ3v) is 4.77. The van der Waals surface area contributed by atoms with Gasteiger partial charge < -0.3 is 10.1 Å². The van der Waals surface area contributed by atoms with Crippen LogP contribution in [0, 0.1) is 0 Å². The molecule has 2 unspecified atom stereocenters. The lowest BCUT2D eigenvalue weighted by atomic mass is 10.0. The van der Waals surface area contributed by atoms with Crippen molar-refractivity contribution in [3.05, 3.63) is 18.3 Å². The summed E-state index contributed by atoms with van der Waals surface area (Å²) in [5.41, 5.74) is 0. The standard InChI is InChI=1S/C12H19N3O3S.ClH/c1-9-11(4-3-7-13-9)15-19(16,17)10-5-6-12(18-2)14-8-10;/h5-6,8-9,11,13,15H,3-4,7H2,1-2H3;1H. The monoisotopic (exact) mass is 321 g/mol. The molecule has 1 aromatic heterocycles. The number of ether oxygens (including phenoxy) is 1. The van der Waals surface area contributed by atoms with E-state index in [0.717, 1.165) is 19.4 Å². The summed E-state index contributed by atoms with van der Waals surface area (Å²) in [6.45, 7) is 2.92. The highest BCUT2D eigenvalue weighted by Crippen LogP contribution is 2.15. The summed E-state index contributed by atoms with van der Waals surface area (Å²) >= 11 is 0. The van der Waals surface area contributed by atoms with E-state index in [1.54, 1.807) is 0 Å². The molecule has 1 saturated heterocycles. The second kappa shape index (κ2) is 7.21. The normalized spacial score (nSPS) is 22.9. The number of aromatic nitrogens is 1. The van der Waals surface area contributed by atoms with Gasteiger partial charge in [0.25, 0.3) is 0 Å². The predicted octanol–water partition coefficient (Wildman–Crippen LogP) is 0.931. The summed E-state index contributed by atoms with van der Waals surface area (Å²) in [4.78, 5) is 4.08. The number of halogens is 1. The minimum absolute atomic E-state index is 0. The van der Waals surface area contributed by atoms with Crippen molar-refractivity contribution >= 4 is 22.4 Å². The van der Waals surface area contributed by atoms with Crippen molar-refractivity contribution in [2.45, 2.75) is 36.7 Å². The van der Waals surface area contributed by atoms with Gasteiger partial charge in [-0.05, 0) is 32.4 Å². The molecule has 114 valence electrons. The van der Waals surface area contributed by atoms with Crippen molar-refractivity contribution in [3.63, 3.8) is 0 Å². The molecule has 1 fully saturated rings. The maximum absolute atomic E-state index is 12.2. The summed E-state index contributed by atoms with van der Waals surface area (Å²) in [5, 5.41) is 3.26. The van der Waals surface area contributed by atoms with Crippen LogP contribution in [0.2, 0.25) is 0 Å². The van der Waals surface area contributed by atoms with E-state index in [-0.39, 0.29) is 29.4 Å². The Morgan fingerprint density at radius 2 is 2.20 bits per heavy atom. The zero-order valence-corrected chi connectivity index (χ0v) is 13.1. The summed E-state index contributed by atoms with van der Waals surface area (Å²) in [6.07, 6.45) is 3.12. The Balaban J connectivity index is 0.00000200. The second-order valence-corrected chi connectivity index (χ2v) is 6.36. The molecule has 0 bridgehead atoms. The lowest BCUT2D eigenvalue weighted by Crippen LogP contribution is -2.51. The van der Waals surface area contributed by atoms with Crippen LogP contribution in [0.1, 0.15) is 19.8 Å². The molecule has 20 heavy (non-hydrogen) atoms. The molecule has 0 aromatic carbocycles. The van der Waals surface area contributed by atoms with Gasteiger partial charge in [-0.15, -0.1) is 12.4 Å². The van der Waals surface area contributed by atoms with E-state index in [1.165, 1.54) is 25.4 Å². The van der Waals surface area contributed by atoms with Crippen LogP contribution in [-0.2, 0) is 10.0 Å². The predicted molar refractivity (Wildman–Crippen MR) is 78.8 cm³/mol. The summed E-state index contributed by atoms with van der Waals surface area (Å²) < 4.78 is 32.1. The highest BCUT2D eigenvalue weighted by molar-refractivity contribution is 7.89. The Kier molecular flexibility index (Phi) is 6.19. The van der Waals surface area contributed by atoms with Crippen LogP contribution in [0.25, 0.3) is 0 Å². The topological polar surface area (TPSA) is 80.3 Å². The first kappa shape index (κ1) is 17.2. The van der Waals surface area contributed by atoms with Gasteiger partial charge in [0, 0.05) is 18.2 Å². The summed E-state index contributed by atoms with van der Waals surface area (Å²) in [7, 11) is -2.04. The average molecular weight is 322 g/mol. The second-order valence-electron chi connectivity index (χ2n) is 4.65. The maximum Gasteiger partial charge on any atom is 0.242 e. The third kappa shape index (κ3) is 4.05. The number of nitrogens with zero attached hydrogens (tertiary/aromatic N) is 1. The van der Waals surface area contributed by atoms with E-state index in [2.05, 4.69) is 15.0 Å². The molecule has 2 N–H and O–H groups in total. The van der Waals surface area contributed by atoms with E-state index in [1.807, 2.05) is 6.92 Å². The Morgan fingerprint density at radius 1 is 1.45 bits per heavy atom. The number of hydrogen-bond donors (Lipinski definition) is 2. The van der Waals surface area contributed by atoms with Gasteiger partial charge in [-0.1, -0.05) is 0 Å². The highest BCUT2D eigenvalue weighted by atomic mass is 35.5. The molecule has 0 amide bonds. The number of sulfonamides is 1. The first-order valence-corrected chi connectivity index (χ1v) is 7.77. The maximum atomic E-state index is 12.2. The highest BCUT2D eigenvalue weighted by Gasteiger charge is 2.26. The third-order valence-electron chi connectivity index (χ3n) is 3.30. The average Bonchev–Trinajstić information content (AvgIpc) is 2.41. The van der Waals surface area contributed by atoms with Crippen LogP contribution in [0.3, 0.4) is 0 Å². The van der Waals surface area contributed by atoms with Gasteiger partial charge in [0.1, 0.15) is 4.90 Å².